The van der Waals surface area contributed by atoms with Crippen molar-refractivity contribution in [3.8, 4) is 5.75 Å². The molecule has 10 heteroatoms. The van der Waals surface area contributed by atoms with Gasteiger partial charge in [0.05, 0.1) is 5.92 Å². The van der Waals surface area contributed by atoms with Gasteiger partial charge in [-0.05, 0) is 24.6 Å². The quantitative estimate of drug-likeness (QED) is 0.395. The van der Waals surface area contributed by atoms with Crippen LogP contribution in [0.1, 0.15) is 18.4 Å². The van der Waals surface area contributed by atoms with Crippen LogP contribution in [0.25, 0.3) is 0 Å². The summed E-state index contributed by atoms with van der Waals surface area (Å²) in [6.45, 7) is 1.47. The second-order valence-electron chi connectivity index (χ2n) is 4.14. The van der Waals surface area contributed by atoms with Crippen LogP contribution in [0.2, 0.25) is 0 Å². The van der Waals surface area contributed by atoms with Gasteiger partial charge in [-0.25, -0.2) is 5.06 Å². The highest BCUT2D eigenvalue weighted by Crippen LogP contribution is 2.28. The third-order valence-electron chi connectivity index (χ3n) is 2.56. The van der Waals surface area contributed by atoms with Crippen molar-refractivity contribution in [3.63, 3.8) is 0 Å². The number of hydrogen-bond acceptors (Lipinski definition) is 5. The maximum absolute atomic E-state index is 12.1. The summed E-state index contributed by atoms with van der Waals surface area (Å²) in [5, 5.41) is 9.38. The van der Waals surface area contributed by atoms with Gasteiger partial charge in [0.25, 0.3) is 5.91 Å². The summed E-state index contributed by atoms with van der Waals surface area (Å²) < 4.78 is 61.9. The van der Waals surface area contributed by atoms with E-state index < -0.39 is 33.2 Å². The smallest absolute Gasteiger partial charge is 0.376 e. The van der Waals surface area contributed by atoms with Crippen molar-refractivity contribution in [2.75, 3.05) is 7.05 Å². The number of benzene rings is 1. The highest BCUT2D eigenvalue weighted by atomic mass is 32.2. The summed E-state index contributed by atoms with van der Waals surface area (Å²) in [6.07, 6.45) is 0. The van der Waals surface area contributed by atoms with E-state index in [-0.39, 0.29) is 0 Å². The Labute approximate surface area is 118 Å². The lowest BCUT2D eigenvalue weighted by Crippen LogP contribution is -2.28. The second-order valence-corrected chi connectivity index (χ2v) is 5.67. The number of likely N-dealkylation sites (N-methyl/N-ethyl adjacent to an activating group) is 1. The van der Waals surface area contributed by atoms with Gasteiger partial charge >= 0.3 is 15.6 Å². The van der Waals surface area contributed by atoms with E-state index in [4.69, 9.17) is 5.21 Å². The zero-order valence-electron chi connectivity index (χ0n) is 11.0. The molecule has 0 saturated heterocycles. The molecule has 0 spiro atoms. The summed E-state index contributed by atoms with van der Waals surface area (Å²) >= 11 is 0. The van der Waals surface area contributed by atoms with Gasteiger partial charge in [-0.1, -0.05) is 12.1 Å². The van der Waals surface area contributed by atoms with Crippen LogP contribution in [0, 0.1) is 0 Å². The van der Waals surface area contributed by atoms with Gasteiger partial charge in [0, 0.05) is 7.05 Å². The zero-order valence-corrected chi connectivity index (χ0v) is 11.8. The van der Waals surface area contributed by atoms with E-state index in [1.807, 2.05) is 0 Å². The molecule has 118 valence electrons. The molecule has 1 N–H and O–H groups in total. The van der Waals surface area contributed by atoms with Gasteiger partial charge in [0.1, 0.15) is 5.75 Å². The minimum atomic E-state index is -5.73. The van der Waals surface area contributed by atoms with E-state index >= 15 is 0 Å². The lowest BCUT2D eigenvalue weighted by molar-refractivity contribution is -0.160. The average molecular weight is 327 g/mol. The van der Waals surface area contributed by atoms with Crippen molar-refractivity contribution < 1.29 is 35.8 Å². The fourth-order valence-electron chi connectivity index (χ4n) is 1.41. The first kappa shape index (κ1) is 17.2. The molecule has 0 saturated carbocycles. The monoisotopic (exact) mass is 327 g/mol. The summed E-state index contributed by atoms with van der Waals surface area (Å²) in [4.78, 5) is 11.5. The van der Waals surface area contributed by atoms with Crippen LogP contribution >= 0.6 is 0 Å². The normalized spacial score (nSPS) is 13.6. The molecule has 0 aliphatic rings. The van der Waals surface area contributed by atoms with Crippen molar-refractivity contribution in [2.45, 2.75) is 18.3 Å². The maximum atomic E-state index is 12.1. The largest absolute Gasteiger partial charge is 0.534 e. The molecule has 6 nitrogen and oxygen atoms in total. The molecule has 0 aliphatic carbocycles. The number of alkyl halides is 3. The number of rotatable bonds is 4. The first-order valence-electron chi connectivity index (χ1n) is 5.53. The average Bonchev–Trinajstić information content (AvgIpc) is 2.36. The number of amides is 1. The molecule has 1 rings (SSSR count). The fraction of sp³-hybridized carbons (Fsp3) is 0.364. The van der Waals surface area contributed by atoms with E-state index in [2.05, 4.69) is 4.18 Å². The topological polar surface area (TPSA) is 83.9 Å². The lowest BCUT2D eigenvalue weighted by atomic mass is 10.0. The summed E-state index contributed by atoms with van der Waals surface area (Å²) in [7, 11) is -4.60. The molecule has 0 aromatic heterocycles. The number of halogens is 3. The summed E-state index contributed by atoms with van der Waals surface area (Å²) in [6, 6.07) is 4.43. The molecule has 1 aromatic rings. The van der Waals surface area contributed by atoms with E-state index in [1.165, 1.54) is 19.1 Å². The van der Waals surface area contributed by atoms with Crippen molar-refractivity contribution in [1.82, 2.24) is 5.06 Å². The third kappa shape index (κ3) is 4.08. The van der Waals surface area contributed by atoms with E-state index in [0.717, 1.165) is 19.2 Å². The maximum Gasteiger partial charge on any atom is 0.534 e. The Hall–Kier alpha value is -1.81. The predicted molar refractivity (Wildman–Crippen MR) is 65.0 cm³/mol. The SMILES string of the molecule is C[C@@H](C(=O)N(C)O)c1ccc(OS(=O)(=O)C(F)(F)F)cc1. The van der Waals surface area contributed by atoms with Crippen LogP contribution in [-0.4, -0.2) is 37.2 Å². The Kier molecular flexibility index (Phi) is 4.84. The fourth-order valence-corrected chi connectivity index (χ4v) is 1.87. The van der Waals surface area contributed by atoms with Gasteiger partial charge < -0.3 is 4.18 Å². The number of carbonyl (C=O) groups is 1. The number of carbonyl (C=O) groups excluding carboxylic acids is 1. The Morgan fingerprint density at radius 3 is 2.14 bits per heavy atom. The molecule has 1 atom stereocenters. The van der Waals surface area contributed by atoms with Crippen molar-refractivity contribution in [1.29, 1.82) is 0 Å². The minimum Gasteiger partial charge on any atom is -0.376 e. The van der Waals surface area contributed by atoms with Crippen molar-refractivity contribution >= 4 is 16.0 Å². The third-order valence-corrected chi connectivity index (χ3v) is 3.54. The molecular weight excluding hydrogens is 315 g/mol. The van der Waals surface area contributed by atoms with Gasteiger partial charge in [0.2, 0.25) is 0 Å². The van der Waals surface area contributed by atoms with E-state index in [0.29, 0.717) is 10.6 Å². The Morgan fingerprint density at radius 1 is 1.29 bits per heavy atom. The van der Waals surface area contributed by atoms with Crippen LogP contribution in [0.4, 0.5) is 13.2 Å². The molecule has 0 unspecified atom stereocenters. The molecule has 1 aromatic carbocycles. The molecule has 0 radical (unpaired) electrons. The van der Waals surface area contributed by atoms with Crippen LogP contribution < -0.4 is 4.18 Å². The standard InChI is InChI=1S/C11H12F3NO5S/c1-7(10(16)15(2)17)8-3-5-9(6-4-8)20-21(18,19)11(12,13)14/h3-7,17H,1-2H3/t7-/m1/s1. The lowest BCUT2D eigenvalue weighted by Gasteiger charge is -2.16. The van der Waals surface area contributed by atoms with Crippen molar-refractivity contribution in [2.24, 2.45) is 0 Å². The van der Waals surface area contributed by atoms with Gasteiger partial charge in [-0.3, -0.25) is 10.0 Å². The van der Waals surface area contributed by atoms with Gasteiger partial charge in [-0.15, -0.1) is 0 Å². The minimum absolute atomic E-state index is 0.373. The zero-order chi connectivity index (χ0) is 16.4. The first-order chi connectivity index (χ1) is 9.45. The molecule has 0 fully saturated rings. The van der Waals surface area contributed by atoms with Crippen molar-refractivity contribution in [3.05, 3.63) is 29.8 Å². The molecule has 0 heterocycles. The highest BCUT2D eigenvalue weighted by molar-refractivity contribution is 7.87. The molecule has 1 amide bonds. The molecule has 0 bridgehead atoms. The Bertz CT molecular complexity index is 610. The summed E-state index contributed by atoms with van der Waals surface area (Å²) in [5.74, 6) is -1.92. The number of hydroxylamine groups is 2. The number of nitrogens with zero attached hydrogens (tertiary/aromatic N) is 1. The molecule has 0 aliphatic heterocycles. The van der Waals surface area contributed by atoms with Crippen LogP contribution in [0.15, 0.2) is 24.3 Å². The van der Waals surface area contributed by atoms with Gasteiger partial charge in [0.15, 0.2) is 0 Å². The first-order valence-corrected chi connectivity index (χ1v) is 6.93. The Balaban J connectivity index is 2.92. The number of hydrogen-bond donors (Lipinski definition) is 1. The molecular formula is C11H12F3NO5S. The predicted octanol–water partition coefficient (Wildman–Crippen LogP) is 1.87. The molecule has 21 heavy (non-hydrogen) atoms. The highest BCUT2D eigenvalue weighted by Gasteiger charge is 2.48. The summed E-state index contributed by atoms with van der Waals surface area (Å²) in [5.41, 5.74) is -5.15. The Morgan fingerprint density at radius 2 is 1.76 bits per heavy atom. The van der Waals surface area contributed by atoms with Gasteiger partial charge in [-0.2, -0.15) is 21.6 Å². The van der Waals surface area contributed by atoms with E-state index in [9.17, 15) is 26.4 Å². The van der Waals surface area contributed by atoms with Crippen LogP contribution in [0.5, 0.6) is 5.75 Å². The van der Waals surface area contributed by atoms with Crippen LogP contribution in [-0.2, 0) is 14.9 Å². The second kappa shape index (κ2) is 5.90. The van der Waals surface area contributed by atoms with E-state index in [1.54, 1.807) is 0 Å². The van der Waals surface area contributed by atoms with Crippen LogP contribution in [0.3, 0.4) is 0 Å².